The molecule has 0 fully saturated rings. The highest BCUT2D eigenvalue weighted by Gasteiger charge is 2.20. The monoisotopic (exact) mass is 448 g/mol. The van der Waals surface area contributed by atoms with Crippen LogP contribution in [0.4, 0.5) is 11.4 Å². The number of nitro benzene ring substituents is 1. The third-order valence-electron chi connectivity index (χ3n) is 4.14. The summed E-state index contributed by atoms with van der Waals surface area (Å²) in [5.41, 5.74) is 1.13. The summed E-state index contributed by atoms with van der Waals surface area (Å²) in [6.07, 6.45) is 0. The number of ether oxygens (including phenoxy) is 1. The molecule has 2 rings (SSSR count). The molecule has 0 aliphatic carbocycles. The van der Waals surface area contributed by atoms with Gasteiger partial charge in [0.05, 0.1) is 29.8 Å². The van der Waals surface area contributed by atoms with E-state index in [1.165, 1.54) is 17.4 Å². The van der Waals surface area contributed by atoms with Crippen LogP contribution in [0.3, 0.4) is 0 Å². The number of para-hydroxylation sites is 2. The smallest absolute Gasteiger partial charge is 0.350 e. The molecule has 31 heavy (non-hydrogen) atoms. The number of hydrogen-bond donors (Lipinski definition) is 3. The summed E-state index contributed by atoms with van der Waals surface area (Å²) in [6.45, 7) is 9.26. The maximum Gasteiger partial charge on any atom is 0.350 e. The molecule has 0 amide bonds. The van der Waals surface area contributed by atoms with Crippen molar-refractivity contribution in [2.24, 2.45) is 4.99 Å². The Balaban J connectivity index is 1.99. The van der Waals surface area contributed by atoms with Crippen molar-refractivity contribution in [3.8, 4) is 0 Å². The maximum atomic E-state index is 12.0. The largest absolute Gasteiger partial charge is 0.462 e. The van der Waals surface area contributed by atoms with Crippen molar-refractivity contribution >= 4 is 34.6 Å². The number of aryl methyl sites for hydroxylation is 1. The molecule has 1 aromatic carbocycles. The van der Waals surface area contributed by atoms with Gasteiger partial charge in [0.25, 0.3) is 5.69 Å². The van der Waals surface area contributed by atoms with Crippen LogP contribution in [0.15, 0.2) is 29.3 Å². The lowest BCUT2D eigenvalue weighted by Gasteiger charge is -2.16. The minimum atomic E-state index is -0.417. The number of carbonyl (C=O) groups excluding carboxylic acids is 1. The lowest BCUT2D eigenvalue weighted by atomic mass is 10.2. The van der Waals surface area contributed by atoms with Crippen LogP contribution in [0.2, 0.25) is 0 Å². The van der Waals surface area contributed by atoms with Gasteiger partial charge in [-0.3, -0.25) is 15.1 Å². The first-order valence-electron chi connectivity index (χ1n) is 10.0. The average Bonchev–Trinajstić information content (AvgIpc) is 3.13. The van der Waals surface area contributed by atoms with Crippen molar-refractivity contribution < 1.29 is 14.5 Å². The topological polar surface area (TPSA) is 131 Å². The average molecular weight is 449 g/mol. The second-order valence-electron chi connectivity index (χ2n) is 6.51. The van der Waals surface area contributed by atoms with Gasteiger partial charge in [-0.25, -0.2) is 9.78 Å². The number of guanidine groups is 1. The zero-order valence-electron chi connectivity index (χ0n) is 18.1. The first kappa shape index (κ1) is 24.1. The quantitative estimate of drug-likeness (QED) is 0.126. The molecule has 0 saturated heterocycles. The maximum absolute atomic E-state index is 12.0. The lowest BCUT2D eigenvalue weighted by Crippen LogP contribution is -2.39. The van der Waals surface area contributed by atoms with Crippen LogP contribution in [0.5, 0.6) is 0 Å². The van der Waals surface area contributed by atoms with Crippen LogP contribution in [0, 0.1) is 17.0 Å². The molecule has 1 heterocycles. The second kappa shape index (κ2) is 11.8. The molecule has 11 heteroatoms. The van der Waals surface area contributed by atoms with E-state index in [0.29, 0.717) is 48.5 Å². The number of nitrogens with zero attached hydrogens (tertiary/aromatic N) is 3. The normalized spacial score (nSPS) is 12.2. The van der Waals surface area contributed by atoms with Crippen LogP contribution in [0.25, 0.3) is 0 Å². The Hall–Kier alpha value is -3.21. The fourth-order valence-electron chi connectivity index (χ4n) is 2.72. The lowest BCUT2D eigenvalue weighted by molar-refractivity contribution is -0.384. The number of thiazole rings is 1. The van der Waals surface area contributed by atoms with Gasteiger partial charge in [-0.15, -0.1) is 11.3 Å². The minimum absolute atomic E-state index is 0.0293. The fraction of sp³-hybridized carbons (Fsp3) is 0.450. The van der Waals surface area contributed by atoms with Gasteiger partial charge in [-0.2, -0.15) is 0 Å². The van der Waals surface area contributed by atoms with E-state index in [2.05, 4.69) is 25.9 Å². The molecule has 1 unspecified atom stereocenters. The zero-order chi connectivity index (χ0) is 22.8. The number of nitrogens with one attached hydrogen (secondary N) is 3. The van der Waals surface area contributed by atoms with E-state index in [4.69, 9.17) is 4.74 Å². The zero-order valence-corrected chi connectivity index (χ0v) is 18.9. The number of benzene rings is 1. The van der Waals surface area contributed by atoms with E-state index >= 15 is 0 Å². The molecule has 2 aromatic rings. The first-order chi connectivity index (χ1) is 14.9. The van der Waals surface area contributed by atoms with Crippen LogP contribution in [-0.2, 0) is 4.74 Å². The van der Waals surface area contributed by atoms with E-state index < -0.39 is 4.92 Å². The van der Waals surface area contributed by atoms with E-state index in [0.717, 1.165) is 5.01 Å². The molecule has 168 valence electrons. The molecule has 0 spiro atoms. The Morgan fingerprint density at radius 2 is 2.10 bits per heavy atom. The summed E-state index contributed by atoms with van der Waals surface area (Å²) < 4.78 is 5.07. The molecule has 3 N–H and O–H groups in total. The number of anilines is 1. The first-order valence-corrected chi connectivity index (χ1v) is 10.9. The highest BCUT2D eigenvalue weighted by atomic mass is 32.1. The number of hydrogen-bond acceptors (Lipinski definition) is 8. The van der Waals surface area contributed by atoms with Crippen molar-refractivity contribution in [3.05, 3.63) is 50.0 Å². The fourth-order valence-corrected chi connectivity index (χ4v) is 3.68. The van der Waals surface area contributed by atoms with Gasteiger partial charge in [0.15, 0.2) is 5.96 Å². The molecule has 0 radical (unpaired) electrons. The SMILES string of the molecule is CCNC(=NCCNc1ccccc1[N+](=O)[O-])NC(C)c1nc(C)c(C(=O)OCC)s1. The van der Waals surface area contributed by atoms with Crippen LogP contribution < -0.4 is 16.0 Å². The molecule has 1 atom stereocenters. The highest BCUT2D eigenvalue weighted by Crippen LogP contribution is 2.24. The predicted octanol–water partition coefficient (Wildman–Crippen LogP) is 3.26. The Bertz CT molecular complexity index is 930. The summed E-state index contributed by atoms with van der Waals surface area (Å²) in [6, 6.07) is 6.32. The number of rotatable bonds is 10. The van der Waals surface area contributed by atoms with Gasteiger partial charge in [-0.05, 0) is 33.8 Å². The molecule has 0 bridgehead atoms. The molecule has 1 aromatic heterocycles. The number of nitro groups is 1. The van der Waals surface area contributed by atoms with Crippen LogP contribution >= 0.6 is 11.3 Å². The number of carbonyl (C=O) groups is 1. The summed E-state index contributed by atoms with van der Waals surface area (Å²) >= 11 is 1.30. The van der Waals surface area contributed by atoms with E-state index in [-0.39, 0.29) is 17.7 Å². The van der Waals surface area contributed by atoms with Gasteiger partial charge >= 0.3 is 5.97 Å². The van der Waals surface area contributed by atoms with E-state index in [1.807, 2.05) is 13.8 Å². The number of aliphatic imine (C=N–C) groups is 1. The van der Waals surface area contributed by atoms with E-state index in [1.54, 1.807) is 32.0 Å². The molecular formula is C20H28N6O4S. The Kier molecular flexibility index (Phi) is 9.19. The molecule has 10 nitrogen and oxygen atoms in total. The second-order valence-corrected chi connectivity index (χ2v) is 7.55. The Labute approximate surface area is 185 Å². The molecular weight excluding hydrogens is 420 g/mol. The van der Waals surface area contributed by atoms with Crippen molar-refractivity contribution in [2.75, 3.05) is 31.6 Å². The van der Waals surface area contributed by atoms with Crippen molar-refractivity contribution in [2.45, 2.75) is 33.7 Å². The van der Waals surface area contributed by atoms with E-state index in [9.17, 15) is 14.9 Å². The Morgan fingerprint density at radius 3 is 2.77 bits per heavy atom. The third-order valence-corrected chi connectivity index (χ3v) is 5.46. The third kappa shape index (κ3) is 6.92. The van der Waals surface area contributed by atoms with Gasteiger partial charge in [0, 0.05) is 19.2 Å². The number of aromatic nitrogens is 1. The van der Waals surface area contributed by atoms with Gasteiger partial charge in [0.2, 0.25) is 0 Å². The Morgan fingerprint density at radius 1 is 1.35 bits per heavy atom. The van der Waals surface area contributed by atoms with Crippen molar-refractivity contribution in [1.82, 2.24) is 15.6 Å². The summed E-state index contributed by atoms with van der Waals surface area (Å²) in [4.78, 5) is 32.2. The van der Waals surface area contributed by atoms with Gasteiger partial charge in [0.1, 0.15) is 15.6 Å². The standard InChI is InChI=1S/C20H28N6O4S/c1-5-21-20(23-12-11-22-15-9-7-8-10-16(15)26(28)29)25-14(4)18-24-13(3)17(31-18)19(27)30-6-2/h7-10,14,22H,5-6,11-12H2,1-4H3,(H2,21,23,25). The van der Waals surface area contributed by atoms with Crippen molar-refractivity contribution in [1.29, 1.82) is 0 Å². The van der Waals surface area contributed by atoms with Crippen LogP contribution in [-0.4, -0.2) is 48.1 Å². The van der Waals surface area contributed by atoms with Gasteiger partial charge in [-0.1, -0.05) is 12.1 Å². The molecule has 0 saturated carbocycles. The summed E-state index contributed by atoms with van der Waals surface area (Å²) in [7, 11) is 0. The predicted molar refractivity (Wildman–Crippen MR) is 122 cm³/mol. The minimum Gasteiger partial charge on any atom is -0.462 e. The molecule has 0 aliphatic heterocycles. The summed E-state index contributed by atoms with van der Waals surface area (Å²) in [5.74, 6) is 0.225. The van der Waals surface area contributed by atoms with Crippen molar-refractivity contribution in [3.63, 3.8) is 0 Å². The highest BCUT2D eigenvalue weighted by molar-refractivity contribution is 7.13. The van der Waals surface area contributed by atoms with Gasteiger partial charge < -0.3 is 20.7 Å². The molecule has 0 aliphatic rings. The summed E-state index contributed by atoms with van der Waals surface area (Å²) in [5, 5.41) is 21.3. The van der Waals surface area contributed by atoms with Crippen LogP contribution in [0.1, 0.15) is 47.2 Å². The number of esters is 1.